The number of alkyl halides is 2. The summed E-state index contributed by atoms with van der Waals surface area (Å²) in [4.78, 5) is 4.47. The number of nitrogens with one attached hydrogen (secondary N) is 1. The summed E-state index contributed by atoms with van der Waals surface area (Å²) in [6, 6.07) is 11.1. The van der Waals surface area contributed by atoms with E-state index in [9.17, 15) is 8.78 Å². The van der Waals surface area contributed by atoms with Gasteiger partial charge in [0.05, 0.1) is 6.54 Å². The van der Waals surface area contributed by atoms with Crippen molar-refractivity contribution in [1.29, 1.82) is 0 Å². The van der Waals surface area contributed by atoms with Gasteiger partial charge in [0.1, 0.15) is 18.2 Å². The van der Waals surface area contributed by atoms with Gasteiger partial charge in [0.2, 0.25) is 0 Å². The highest BCUT2D eigenvalue weighted by atomic mass is 79.9. The zero-order chi connectivity index (χ0) is 18.5. The molecule has 1 aliphatic heterocycles. The third-order valence-electron chi connectivity index (χ3n) is 4.08. The molecule has 0 radical (unpaired) electrons. The van der Waals surface area contributed by atoms with Gasteiger partial charge in [-0.1, -0.05) is 39.7 Å². The molecule has 0 saturated heterocycles. The van der Waals surface area contributed by atoms with Crippen LogP contribution < -0.4 is 10.1 Å². The van der Waals surface area contributed by atoms with Crippen LogP contribution in [0.5, 0.6) is 5.75 Å². The van der Waals surface area contributed by atoms with Crippen molar-refractivity contribution in [2.45, 2.75) is 19.3 Å². The second kappa shape index (κ2) is 8.82. The Hall–Kier alpha value is -1.66. The topological polar surface area (TPSA) is 33.6 Å². The van der Waals surface area contributed by atoms with Crippen LogP contribution in [0.3, 0.4) is 0 Å². The lowest BCUT2D eigenvalue weighted by Crippen LogP contribution is -2.21. The smallest absolute Gasteiger partial charge is 0.272 e. The largest absolute Gasteiger partial charge is 0.487 e. The molecule has 0 aliphatic carbocycles. The van der Waals surface area contributed by atoms with Crippen LogP contribution in [0.15, 0.2) is 45.9 Å². The lowest BCUT2D eigenvalue weighted by molar-refractivity contribution is 0.0814. The van der Waals surface area contributed by atoms with Crippen molar-refractivity contribution >= 4 is 33.4 Å². The lowest BCUT2D eigenvalue weighted by atomic mass is 9.98. The molecule has 26 heavy (non-hydrogen) atoms. The van der Waals surface area contributed by atoms with Gasteiger partial charge in [-0.25, -0.2) is 8.78 Å². The van der Waals surface area contributed by atoms with Gasteiger partial charge in [-0.05, 0) is 48.2 Å². The minimum absolute atomic E-state index is 0.471. The quantitative estimate of drug-likeness (QED) is 0.662. The van der Waals surface area contributed by atoms with E-state index in [0.717, 1.165) is 40.1 Å². The molecule has 0 aromatic heterocycles. The number of halogens is 4. The van der Waals surface area contributed by atoms with E-state index in [1.165, 1.54) is 0 Å². The standard InChI is InChI=1S/C19H18BrClF2N2O/c20-13-5-7-17(26-11-18(22)23)12(10-13)4-6-14-15(2-1-3-16(14)21)19-24-8-9-25-19/h1-3,5,7,10,18H,4,6,8-9,11H2,(H,24,25). The Morgan fingerprint density at radius 3 is 2.81 bits per heavy atom. The fourth-order valence-corrected chi connectivity index (χ4v) is 3.59. The summed E-state index contributed by atoms with van der Waals surface area (Å²) in [7, 11) is 0. The molecule has 0 atom stereocenters. The van der Waals surface area contributed by atoms with E-state index >= 15 is 0 Å². The van der Waals surface area contributed by atoms with E-state index in [2.05, 4.69) is 26.2 Å². The predicted molar refractivity (Wildman–Crippen MR) is 104 cm³/mol. The number of hydrogen-bond donors (Lipinski definition) is 1. The average molecular weight is 444 g/mol. The van der Waals surface area contributed by atoms with Gasteiger partial charge in [0.15, 0.2) is 0 Å². The number of nitrogens with zero attached hydrogens (tertiary/aromatic N) is 1. The Labute approximate surface area is 164 Å². The number of ether oxygens (including phenoxy) is 1. The van der Waals surface area contributed by atoms with Crippen LogP contribution in [0.2, 0.25) is 5.02 Å². The number of aliphatic imine (C=N–C) groups is 1. The highest BCUT2D eigenvalue weighted by molar-refractivity contribution is 9.10. The molecule has 1 heterocycles. The zero-order valence-corrected chi connectivity index (χ0v) is 16.3. The highest BCUT2D eigenvalue weighted by Crippen LogP contribution is 2.28. The third-order valence-corrected chi connectivity index (χ3v) is 4.93. The Morgan fingerprint density at radius 2 is 2.08 bits per heavy atom. The molecule has 0 saturated carbocycles. The van der Waals surface area contributed by atoms with Gasteiger partial charge >= 0.3 is 0 Å². The van der Waals surface area contributed by atoms with Gasteiger partial charge < -0.3 is 10.1 Å². The molecular weight excluding hydrogens is 426 g/mol. The summed E-state index contributed by atoms with van der Waals surface area (Å²) in [6.45, 7) is 0.948. The molecule has 1 aliphatic rings. The van der Waals surface area contributed by atoms with Crippen LogP contribution in [-0.2, 0) is 12.8 Å². The first-order chi connectivity index (χ1) is 12.5. The molecule has 0 unspecified atom stereocenters. The van der Waals surface area contributed by atoms with Crippen molar-refractivity contribution in [3.63, 3.8) is 0 Å². The first-order valence-electron chi connectivity index (χ1n) is 8.30. The van der Waals surface area contributed by atoms with E-state index in [0.29, 0.717) is 23.6 Å². The normalized spacial score (nSPS) is 13.7. The summed E-state index contributed by atoms with van der Waals surface area (Å²) >= 11 is 9.85. The Kier molecular flexibility index (Phi) is 6.48. The summed E-state index contributed by atoms with van der Waals surface area (Å²) in [5.74, 6) is 1.32. The van der Waals surface area contributed by atoms with Gasteiger partial charge in [-0.3, -0.25) is 4.99 Å². The maximum absolute atomic E-state index is 12.5. The fourth-order valence-electron chi connectivity index (χ4n) is 2.91. The molecule has 2 aromatic carbocycles. The van der Waals surface area contributed by atoms with Crippen LogP contribution in [0.1, 0.15) is 16.7 Å². The van der Waals surface area contributed by atoms with E-state index < -0.39 is 13.0 Å². The first kappa shape index (κ1) is 19.1. The Bertz CT molecular complexity index is 814. The number of hydrogen-bond acceptors (Lipinski definition) is 3. The Balaban J connectivity index is 1.82. The minimum atomic E-state index is -2.51. The molecule has 1 N–H and O–H groups in total. The molecular formula is C19H18BrClF2N2O. The van der Waals surface area contributed by atoms with Crippen LogP contribution in [0, 0.1) is 0 Å². The Morgan fingerprint density at radius 1 is 1.23 bits per heavy atom. The molecule has 0 spiro atoms. The molecule has 138 valence electrons. The number of amidine groups is 1. The molecule has 0 fully saturated rings. The summed E-state index contributed by atoms with van der Waals surface area (Å²) in [6.07, 6.45) is -1.24. The average Bonchev–Trinajstić information content (AvgIpc) is 3.14. The van der Waals surface area contributed by atoms with E-state index in [1.54, 1.807) is 12.1 Å². The van der Waals surface area contributed by atoms with Crippen LogP contribution in [0.4, 0.5) is 8.78 Å². The van der Waals surface area contributed by atoms with E-state index in [1.807, 2.05) is 24.3 Å². The van der Waals surface area contributed by atoms with Crippen molar-refractivity contribution in [3.05, 3.63) is 62.6 Å². The van der Waals surface area contributed by atoms with Gasteiger partial charge in [-0.15, -0.1) is 0 Å². The lowest BCUT2D eigenvalue weighted by Gasteiger charge is -2.15. The maximum Gasteiger partial charge on any atom is 0.272 e. The van der Waals surface area contributed by atoms with Gasteiger partial charge in [0, 0.05) is 21.6 Å². The van der Waals surface area contributed by atoms with E-state index in [4.69, 9.17) is 16.3 Å². The fraction of sp³-hybridized carbons (Fsp3) is 0.316. The van der Waals surface area contributed by atoms with Crippen molar-refractivity contribution in [2.24, 2.45) is 4.99 Å². The van der Waals surface area contributed by atoms with Crippen molar-refractivity contribution in [3.8, 4) is 5.75 Å². The number of aryl methyl sites for hydroxylation is 1. The van der Waals surface area contributed by atoms with Crippen molar-refractivity contribution < 1.29 is 13.5 Å². The van der Waals surface area contributed by atoms with E-state index in [-0.39, 0.29) is 0 Å². The molecule has 0 amide bonds. The number of benzene rings is 2. The highest BCUT2D eigenvalue weighted by Gasteiger charge is 2.16. The van der Waals surface area contributed by atoms with Crippen molar-refractivity contribution in [2.75, 3.05) is 19.7 Å². The van der Waals surface area contributed by atoms with Crippen LogP contribution in [-0.4, -0.2) is 32.0 Å². The van der Waals surface area contributed by atoms with Crippen LogP contribution in [0.25, 0.3) is 0 Å². The maximum atomic E-state index is 12.5. The monoisotopic (exact) mass is 442 g/mol. The molecule has 2 aromatic rings. The zero-order valence-electron chi connectivity index (χ0n) is 13.9. The minimum Gasteiger partial charge on any atom is -0.487 e. The van der Waals surface area contributed by atoms with Crippen LogP contribution >= 0.6 is 27.5 Å². The molecule has 3 nitrogen and oxygen atoms in total. The second-order valence-corrected chi connectivity index (χ2v) is 7.20. The summed E-state index contributed by atoms with van der Waals surface area (Å²) < 4.78 is 31.1. The summed E-state index contributed by atoms with van der Waals surface area (Å²) in [5.41, 5.74) is 2.83. The summed E-state index contributed by atoms with van der Waals surface area (Å²) in [5, 5.41) is 3.94. The molecule has 7 heteroatoms. The SMILES string of the molecule is FC(F)COc1ccc(Br)cc1CCc1c(Cl)cccc1C1=NCCN1. The molecule has 0 bridgehead atoms. The first-order valence-corrected chi connectivity index (χ1v) is 9.47. The van der Waals surface area contributed by atoms with Gasteiger partial charge in [0.25, 0.3) is 6.43 Å². The second-order valence-electron chi connectivity index (χ2n) is 5.88. The third kappa shape index (κ3) is 4.74. The van der Waals surface area contributed by atoms with Crippen molar-refractivity contribution in [1.82, 2.24) is 5.32 Å². The predicted octanol–water partition coefficient (Wildman–Crippen LogP) is 4.88. The van der Waals surface area contributed by atoms with Gasteiger partial charge in [-0.2, -0.15) is 0 Å². The molecule has 3 rings (SSSR count). The number of rotatable bonds is 7.